The zero-order valence-electron chi connectivity index (χ0n) is 17.8. The molecule has 2 aromatic carbocycles. The van der Waals surface area contributed by atoms with Gasteiger partial charge in [-0.15, -0.1) is 0 Å². The molecule has 1 saturated heterocycles. The predicted molar refractivity (Wildman–Crippen MR) is 114 cm³/mol. The Hall–Kier alpha value is -2.45. The first-order valence-electron chi connectivity index (χ1n) is 10.3. The highest BCUT2D eigenvalue weighted by atomic mass is 35.5. The van der Waals surface area contributed by atoms with E-state index in [9.17, 15) is 23.1 Å². The van der Waals surface area contributed by atoms with Crippen molar-refractivity contribution in [2.45, 2.75) is 32.0 Å². The van der Waals surface area contributed by atoms with E-state index in [1.54, 1.807) is 18.2 Å². The fourth-order valence-electron chi connectivity index (χ4n) is 4.09. The molecule has 174 valence electrons. The molecular formula is C23H25ClF3NO4. The number of alkyl halides is 3. The summed E-state index contributed by atoms with van der Waals surface area (Å²) in [6.45, 7) is 2.97. The molecule has 9 heteroatoms. The molecule has 1 heterocycles. The van der Waals surface area contributed by atoms with Crippen LogP contribution in [0.2, 0.25) is 5.02 Å². The third kappa shape index (κ3) is 5.30. The molecular weight excluding hydrogens is 447 g/mol. The van der Waals surface area contributed by atoms with E-state index in [1.807, 2.05) is 11.8 Å². The van der Waals surface area contributed by atoms with Gasteiger partial charge in [-0.3, -0.25) is 9.69 Å². The molecule has 0 aromatic heterocycles. The fraction of sp³-hybridized carbons (Fsp3) is 0.435. The number of carboxylic acid groups (broad SMARTS) is 1. The topological polar surface area (TPSA) is 59.0 Å². The quantitative estimate of drug-likeness (QED) is 0.565. The molecule has 0 aliphatic carbocycles. The Bertz CT molecular complexity index is 967. The maximum Gasteiger partial charge on any atom is 0.416 e. The zero-order chi connectivity index (χ0) is 23.5. The van der Waals surface area contributed by atoms with Gasteiger partial charge < -0.3 is 14.6 Å². The Labute approximate surface area is 189 Å². The van der Waals surface area contributed by atoms with Crippen molar-refractivity contribution in [3.63, 3.8) is 0 Å². The number of likely N-dealkylation sites (tertiary alicyclic amines) is 1. The Morgan fingerprint density at radius 3 is 2.62 bits per heavy atom. The number of halogens is 4. The van der Waals surface area contributed by atoms with E-state index in [4.69, 9.17) is 21.1 Å². The summed E-state index contributed by atoms with van der Waals surface area (Å²) in [6.07, 6.45) is -3.41. The minimum atomic E-state index is -4.54. The third-order valence-electron chi connectivity index (χ3n) is 5.59. The number of methoxy groups -OCH3 is 1. The van der Waals surface area contributed by atoms with Crippen LogP contribution in [0, 0.1) is 5.92 Å². The minimum absolute atomic E-state index is 0.174. The van der Waals surface area contributed by atoms with E-state index in [0.29, 0.717) is 43.1 Å². The first-order valence-corrected chi connectivity index (χ1v) is 10.7. The van der Waals surface area contributed by atoms with Gasteiger partial charge in [0.25, 0.3) is 0 Å². The summed E-state index contributed by atoms with van der Waals surface area (Å²) in [5.41, 5.74) is 0.0860. The van der Waals surface area contributed by atoms with Gasteiger partial charge in [-0.25, -0.2) is 0 Å². The van der Waals surface area contributed by atoms with Gasteiger partial charge in [0.1, 0.15) is 0 Å². The van der Waals surface area contributed by atoms with Gasteiger partial charge in [-0.1, -0.05) is 17.7 Å². The van der Waals surface area contributed by atoms with Crippen molar-refractivity contribution >= 4 is 17.6 Å². The van der Waals surface area contributed by atoms with E-state index < -0.39 is 29.7 Å². The summed E-state index contributed by atoms with van der Waals surface area (Å²) < 4.78 is 51.4. The second-order valence-corrected chi connectivity index (χ2v) is 8.06. The largest absolute Gasteiger partial charge is 0.493 e. The average Bonchev–Trinajstić information content (AvgIpc) is 2.75. The number of ether oxygens (including phenoxy) is 2. The van der Waals surface area contributed by atoms with Crippen LogP contribution in [0.1, 0.15) is 42.5 Å². The number of carboxylic acids is 1. The van der Waals surface area contributed by atoms with Gasteiger partial charge in [0.2, 0.25) is 0 Å². The first kappa shape index (κ1) is 24.2. The van der Waals surface area contributed by atoms with E-state index in [0.717, 1.165) is 12.1 Å². The molecule has 0 saturated carbocycles. The van der Waals surface area contributed by atoms with E-state index in [2.05, 4.69) is 0 Å². The van der Waals surface area contributed by atoms with Crippen LogP contribution in [-0.2, 0) is 11.0 Å². The molecule has 5 nitrogen and oxygen atoms in total. The molecule has 0 amide bonds. The molecule has 3 rings (SSSR count). The Morgan fingerprint density at radius 1 is 1.25 bits per heavy atom. The first-order chi connectivity index (χ1) is 15.2. The van der Waals surface area contributed by atoms with Crippen molar-refractivity contribution < 1.29 is 32.5 Å². The van der Waals surface area contributed by atoms with Crippen LogP contribution in [0.4, 0.5) is 13.2 Å². The zero-order valence-corrected chi connectivity index (χ0v) is 18.5. The van der Waals surface area contributed by atoms with Crippen LogP contribution in [0.25, 0.3) is 0 Å². The second-order valence-electron chi connectivity index (χ2n) is 7.65. The molecule has 1 aliphatic rings. The number of nitrogens with zero attached hydrogens (tertiary/aromatic N) is 1. The average molecular weight is 472 g/mol. The van der Waals surface area contributed by atoms with Crippen molar-refractivity contribution in [1.82, 2.24) is 4.90 Å². The van der Waals surface area contributed by atoms with Crippen molar-refractivity contribution in [1.29, 1.82) is 0 Å². The van der Waals surface area contributed by atoms with Crippen molar-refractivity contribution in [3.05, 3.63) is 58.1 Å². The molecule has 2 aromatic rings. The summed E-state index contributed by atoms with van der Waals surface area (Å²) in [5, 5.41) is 9.70. The number of rotatable bonds is 7. The summed E-state index contributed by atoms with van der Waals surface area (Å²) in [4.78, 5) is 13.5. The molecule has 1 N–H and O–H groups in total. The molecule has 1 aliphatic heterocycles. The second kappa shape index (κ2) is 10.0. The van der Waals surface area contributed by atoms with Crippen molar-refractivity contribution in [2.24, 2.45) is 5.92 Å². The van der Waals surface area contributed by atoms with Gasteiger partial charge >= 0.3 is 12.1 Å². The van der Waals surface area contributed by atoms with Crippen LogP contribution >= 0.6 is 11.6 Å². The standard InChI is InChI=1S/C23H25ClF3NO4/c1-3-32-19-9-6-14(11-20(19)31-2)21(28-10-4-5-15(13-28)22(29)30)17-12-16(23(25,26)27)7-8-18(17)24/h6-9,11-12,15,21H,3-5,10,13H2,1-2H3,(H,29,30). The molecule has 0 bridgehead atoms. The third-order valence-corrected chi connectivity index (χ3v) is 5.93. The van der Waals surface area contributed by atoms with Crippen LogP contribution < -0.4 is 9.47 Å². The van der Waals surface area contributed by atoms with Crippen molar-refractivity contribution in [2.75, 3.05) is 26.8 Å². The smallest absolute Gasteiger partial charge is 0.416 e. The maximum atomic E-state index is 13.5. The lowest BCUT2D eigenvalue weighted by Crippen LogP contribution is -2.41. The molecule has 2 atom stereocenters. The number of benzene rings is 2. The van der Waals surface area contributed by atoms with Crippen LogP contribution in [-0.4, -0.2) is 42.8 Å². The van der Waals surface area contributed by atoms with E-state index in [1.165, 1.54) is 13.2 Å². The number of hydrogen-bond acceptors (Lipinski definition) is 4. The Morgan fingerprint density at radius 2 is 2.00 bits per heavy atom. The Kier molecular flexibility index (Phi) is 7.56. The lowest BCUT2D eigenvalue weighted by Gasteiger charge is -2.38. The van der Waals surface area contributed by atoms with Gasteiger partial charge in [0.15, 0.2) is 11.5 Å². The summed E-state index contributed by atoms with van der Waals surface area (Å²) in [7, 11) is 1.48. The van der Waals surface area contributed by atoms with Crippen LogP contribution in [0.5, 0.6) is 11.5 Å². The maximum absolute atomic E-state index is 13.5. The highest BCUT2D eigenvalue weighted by Gasteiger charge is 2.35. The van der Waals surface area contributed by atoms with E-state index in [-0.39, 0.29) is 17.1 Å². The summed E-state index contributed by atoms with van der Waals surface area (Å²) >= 11 is 6.40. The molecule has 1 fully saturated rings. The number of hydrogen-bond donors (Lipinski definition) is 1. The molecule has 0 radical (unpaired) electrons. The highest BCUT2D eigenvalue weighted by molar-refractivity contribution is 6.31. The fourth-order valence-corrected chi connectivity index (χ4v) is 4.31. The molecule has 0 spiro atoms. The summed E-state index contributed by atoms with van der Waals surface area (Å²) in [5.74, 6) is -0.591. The molecule has 32 heavy (non-hydrogen) atoms. The van der Waals surface area contributed by atoms with Crippen LogP contribution in [0.15, 0.2) is 36.4 Å². The number of piperidine rings is 1. The SMILES string of the molecule is CCOc1ccc(C(c2cc(C(F)(F)F)ccc2Cl)N2CCCC(C(=O)O)C2)cc1OC. The van der Waals surface area contributed by atoms with Crippen LogP contribution in [0.3, 0.4) is 0 Å². The predicted octanol–water partition coefficient (Wildman–Crippen LogP) is 5.65. The normalized spacial score (nSPS) is 18.2. The van der Waals surface area contributed by atoms with E-state index >= 15 is 0 Å². The monoisotopic (exact) mass is 471 g/mol. The lowest BCUT2D eigenvalue weighted by atomic mass is 9.90. The van der Waals surface area contributed by atoms with Crippen molar-refractivity contribution in [3.8, 4) is 11.5 Å². The van der Waals surface area contributed by atoms with Gasteiger partial charge in [-0.2, -0.15) is 13.2 Å². The Balaban J connectivity index is 2.14. The minimum Gasteiger partial charge on any atom is -0.493 e. The number of aliphatic carboxylic acids is 1. The number of carbonyl (C=O) groups is 1. The molecule has 2 unspecified atom stereocenters. The van der Waals surface area contributed by atoms with Gasteiger partial charge in [0, 0.05) is 11.6 Å². The highest BCUT2D eigenvalue weighted by Crippen LogP contribution is 2.41. The lowest BCUT2D eigenvalue weighted by molar-refractivity contribution is -0.143. The van der Waals surface area contributed by atoms with Gasteiger partial charge in [0.05, 0.1) is 31.2 Å². The van der Waals surface area contributed by atoms with Gasteiger partial charge in [-0.05, 0) is 67.8 Å². The summed E-state index contributed by atoms with van der Waals surface area (Å²) in [6, 6.07) is 7.69.